The third-order valence-corrected chi connectivity index (χ3v) is 1.81. The molecular weight excluding hydrogens is 256 g/mol. The number of amides is 1. The highest BCUT2D eigenvalue weighted by atomic mass is 19.3. The van der Waals surface area contributed by atoms with E-state index in [0.717, 1.165) is 12.1 Å². The molecule has 0 aliphatic carbocycles. The van der Waals surface area contributed by atoms with Crippen LogP contribution in [0.4, 0.5) is 23.2 Å². The second kappa shape index (κ2) is 6.90. The summed E-state index contributed by atoms with van der Waals surface area (Å²) in [5.41, 5.74) is -0.282. The van der Waals surface area contributed by atoms with Crippen molar-refractivity contribution in [3.05, 3.63) is 24.0 Å². The molecule has 0 radical (unpaired) electrons. The molecule has 18 heavy (non-hydrogen) atoms. The summed E-state index contributed by atoms with van der Waals surface area (Å²) in [6, 6.07) is 1.89. The Kier molecular flexibility index (Phi) is 5.50. The largest absolute Gasteiger partial charge is 0.375 e. The van der Waals surface area contributed by atoms with E-state index in [9.17, 15) is 22.4 Å². The van der Waals surface area contributed by atoms with E-state index >= 15 is 0 Å². The number of anilines is 1. The van der Waals surface area contributed by atoms with Gasteiger partial charge in [-0.3, -0.25) is 4.79 Å². The van der Waals surface area contributed by atoms with Gasteiger partial charge in [-0.1, -0.05) is 0 Å². The number of hydrogen-bond donors (Lipinski definition) is 1. The lowest BCUT2D eigenvalue weighted by atomic mass is 10.3. The minimum absolute atomic E-state index is 0.216. The van der Waals surface area contributed by atoms with Gasteiger partial charge in [0.2, 0.25) is 17.8 Å². The molecule has 0 unspecified atom stereocenters. The number of carbonyl (C=O) groups excluding carboxylic acids is 1. The predicted octanol–water partition coefficient (Wildman–Crippen LogP) is 1.97. The van der Waals surface area contributed by atoms with Crippen LogP contribution in [0.15, 0.2) is 12.1 Å². The molecule has 0 aliphatic heterocycles. The first-order valence-electron chi connectivity index (χ1n) is 4.97. The number of pyridine rings is 1. The summed E-state index contributed by atoms with van der Waals surface area (Å²) in [7, 11) is 0. The Bertz CT molecular complexity index is 415. The van der Waals surface area contributed by atoms with Crippen LogP contribution in [0.2, 0.25) is 0 Å². The number of nitrogens with one attached hydrogen (secondary N) is 1. The lowest BCUT2D eigenvalue weighted by Crippen LogP contribution is -2.16. The van der Waals surface area contributed by atoms with Gasteiger partial charge in [-0.15, -0.1) is 0 Å². The number of ether oxygens (including phenoxy) is 1. The molecule has 1 rings (SSSR count). The van der Waals surface area contributed by atoms with Crippen molar-refractivity contribution >= 4 is 11.6 Å². The maximum absolute atomic E-state index is 13.0. The fourth-order valence-electron chi connectivity index (χ4n) is 1.06. The third-order valence-electron chi connectivity index (χ3n) is 1.81. The van der Waals surface area contributed by atoms with Gasteiger partial charge in [0, 0.05) is 0 Å². The van der Waals surface area contributed by atoms with E-state index in [1.54, 1.807) is 0 Å². The first-order chi connectivity index (χ1) is 8.49. The highest BCUT2D eigenvalue weighted by Crippen LogP contribution is 2.11. The van der Waals surface area contributed by atoms with E-state index in [1.807, 2.05) is 0 Å². The van der Waals surface area contributed by atoms with Crippen LogP contribution in [-0.4, -0.2) is 30.5 Å². The Labute approximate surface area is 100.0 Å². The Balaban J connectivity index is 2.35. The Morgan fingerprint density at radius 2 is 2.11 bits per heavy atom. The number of halogens is 4. The number of alkyl halides is 2. The van der Waals surface area contributed by atoms with E-state index in [2.05, 4.69) is 15.0 Å². The highest BCUT2D eigenvalue weighted by molar-refractivity contribution is 5.90. The molecular formula is C10H10F4N2O2. The van der Waals surface area contributed by atoms with Crippen LogP contribution in [-0.2, 0) is 9.53 Å². The lowest BCUT2D eigenvalue weighted by Gasteiger charge is -2.06. The van der Waals surface area contributed by atoms with Gasteiger partial charge < -0.3 is 10.1 Å². The summed E-state index contributed by atoms with van der Waals surface area (Å²) >= 11 is 0. The van der Waals surface area contributed by atoms with Crippen LogP contribution >= 0.6 is 0 Å². The van der Waals surface area contributed by atoms with E-state index in [4.69, 9.17) is 0 Å². The maximum atomic E-state index is 13.0. The van der Waals surface area contributed by atoms with Gasteiger partial charge >= 0.3 is 0 Å². The molecule has 100 valence electrons. The number of aromatic nitrogens is 1. The van der Waals surface area contributed by atoms with Gasteiger partial charge in [0.1, 0.15) is 6.61 Å². The van der Waals surface area contributed by atoms with Gasteiger partial charge in [0.15, 0.2) is 0 Å². The van der Waals surface area contributed by atoms with E-state index in [1.165, 1.54) is 0 Å². The molecule has 0 aromatic carbocycles. The molecule has 0 saturated carbocycles. The average Bonchev–Trinajstić information content (AvgIpc) is 2.28. The Morgan fingerprint density at radius 3 is 2.72 bits per heavy atom. The zero-order valence-corrected chi connectivity index (χ0v) is 9.13. The molecule has 8 heteroatoms. The Hall–Kier alpha value is -1.70. The smallest absolute Gasteiger partial charge is 0.261 e. The van der Waals surface area contributed by atoms with E-state index in [0.29, 0.717) is 0 Å². The van der Waals surface area contributed by atoms with Gasteiger partial charge in [0.25, 0.3) is 6.43 Å². The third kappa shape index (κ3) is 5.09. The molecule has 1 amide bonds. The monoisotopic (exact) mass is 266 g/mol. The number of hydrogen-bond acceptors (Lipinski definition) is 3. The van der Waals surface area contributed by atoms with Crippen LogP contribution in [0.25, 0.3) is 0 Å². The predicted molar refractivity (Wildman–Crippen MR) is 54.2 cm³/mol. The molecule has 1 aromatic rings. The quantitative estimate of drug-likeness (QED) is 0.486. The second-order valence-corrected chi connectivity index (χ2v) is 3.24. The molecule has 1 aromatic heterocycles. The van der Waals surface area contributed by atoms with Crippen molar-refractivity contribution in [2.75, 3.05) is 18.5 Å². The fourth-order valence-corrected chi connectivity index (χ4v) is 1.06. The molecule has 1 heterocycles. The second-order valence-electron chi connectivity index (χ2n) is 3.24. The van der Waals surface area contributed by atoms with Crippen LogP contribution in [0.3, 0.4) is 0 Å². The zero-order chi connectivity index (χ0) is 13.5. The molecule has 4 nitrogen and oxygen atoms in total. The molecule has 0 saturated heterocycles. The van der Waals surface area contributed by atoms with Crippen molar-refractivity contribution in [1.82, 2.24) is 4.98 Å². The van der Waals surface area contributed by atoms with Crippen LogP contribution in [0.1, 0.15) is 6.42 Å². The minimum Gasteiger partial charge on any atom is -0.375 e. The molecule has 0 bridgehead atoms. The summed E-state index contributed by atoms with van der Waals surface area (Å²) < 4.78 is 53.3. The van der Waals surface area contributed by atoms with Gasteiger partial charge in [-0.2, -0.15) is 13.8 Å². The van der Waals surface area contributed by atoms with Crippen molar-refractivity contribution < 1.29 is 27.1 Å². The van der Waals surface area contributed by atoms with Crippen molar-refractivity contribution in [3.63, 3.8) is 0 Å². The van der Waals surface area contributed by atoms with Crippen molar-refractivity contribution in [2.24, 2.45) is 0 Å². The first kappa shape index (κ1) is 14.4. The standard InChI is InChI=1S/C10H10F4N2O2/c11-7(12)5-18-4-3-9(17)15-6-1-2-8(13)16-10(6)14/h1-2,7H,3-5H2,(H,15,17). The van der Waals surface area contributed by atoms with Crippen LogP contribution in [0.5, 0.6) is 0 Å². The molecule has 1 N–H and O–H groups in total. The SMILES string of the molecule is O=C(CCOCC(F)F)Nc1ccc(F)nc1F. The van der Waals surface area contributed by atoms with Crippen LogP contribution in [0, 0.1) is 11.9 Å². The maximum Gasteiger partial charge on any atom is 0.261 e. The fraction of sp³-hybridized carbons (Fsp3) is 0.400. The molecule has 0 aliphatic rings. The summed E-state index contributed by atoms with van der Waals surface area (Å²) in [4.78, 5) is 14.1. The minimum atomic E-state index is -2.60. The molecule has 0 atom stereocenters. The molecule has 0 spiro atoms. The van der Waals surface area contributed by atoms with Gasteiger partial charge in [0.05, 0.1) is 18.7 Å². The summed E-state index contributed by atoms with van der Waals surface area (Å²) in [6.45, 7) is -0.980. The van der Waals surface area contributed by atoms with Crippen LogP contribution < -0.4 is 5.32 Å². The summed E-state index contributed by atoms with van der Waals surface area (Å²) in [6.07, 6.45) is -2.82. The van der Waals surface area contributed by atoms with E-state index < -0.39 is 30.8 Å². The summed E-state index contributed by atoms with van der Waals surface area (Å²) in [5.74, 6) is -2.81. The molecule has 0 fully saturated rings. The zero-order valence-electron chi connectivity index (χ0n) is 9.13. The topological polar surface area (TPSA) is 51.2 Å². The average molecular weight is 266 g/mol. The summed E-state index contributed by atoms with van der Waals surface area (Å²) in [5, 5.41) is 2.11. The first-order valence-corrected chi connectivity index (χ1v) is 4.97. The van der Waals surface area contributed by atoms with Crippen molar-refractivity contribution in [3.8, 4) is 0 Å². The number of nitrogens with zero attached hydrogens (tertiary/aromatic N) is 1. The van der Waals surface area contributed by atoms with Gasteiger partial charge in [-0.25, -0.2) is 8.78 Å². The van der Waals surface area contributed by atoms with Gasteiger partial charge in [-0.05, 0) is 12.1 Å². The number of rotatable bonds is 6. The highest BCUT2D eigenvalue weighted by Gasteiger charge is 2.09. The normalized spacial score (nSPS) is 10.7. The lowest BCUT2D eigenvalue weighted by molar-refractivity contribution is -0.117. The Morgan fingerprint density at radius 1 is 1.39 bits per heavy atom. The van der Waals surface area contributed by atoms with E-state index in [-0.39, 0.29) is 18.7 Å². The van der Waals surface area contributed by atoms with Crippen molar-refractivity contribution in [2.45, 2.75) is 12.8 Å². The van der Waals surface area contributed by atoms with Crippen molar-refractivity contribution in [1.29, 1.82) is 0 Å². The number of carbonyl (C=O) groups is 1.